The fourth-order valence-electron chi connectivity index (χ4n) is 3.41. The van der Waals surface area contributed by atoms with E-state index in [1.807, 2.05) is 6.07 Å². The van der Waals surface area contributed by atoms with E-state index in [-0.39, 0.29) is 12.1 Å². The molecule has 1 aromatic carbocycles. The number of hydrogen-bond acceptors (Lipinski definition) is 7. The minimum Gasteiger partial charge on any atom is -0.368 e. The van der Waals surface area contributed by atoms with Crippen molar-refractivity contribution in [3.8, 4) is 0 Å². The minimum absolute atomic E-state index is 0.177. The fourth-order valence-corrected chi connectivity index (χ4v) is 3.41. The van der Waals surface area contributed by atoms with Gasteiger partial charge in [-0.25, -0.2) is 15.0 Å². The summed E-state index contributed by atoms with van der Waals surface area (Å²) >= 11 is 0. The Balaban J connectivity index is 1.56. The second-order valence-electron chi connectivity index (χ2n) is 6.71. The van der Waals surface area contributed by atoms with Crippen molar-refractivity contribution >= 4 is 22.8 Å². The van der Waals surface area contributed by atoms with Crippen molar-refractivity contribution < 1.29 is 4.79 Å². The van der Waals surface area contributed by atoms with Crippen LogP contribution in [0.3, 0.4) is 0 Å². The predicted octanol–water partition coefficient (Wildman–Crippen LogP) is -0.00600. The normalized spacial score (nSPS) is 15.1. The quantitative estimate of drug-likeness (QED) is 0.664. The molecule has 2 aromatic heterocycles. The molecule has 2 N–H and O–H groups in total. The van der Waals surface area contributed by atoms with Crippen LogP contribution in [0.25, 0.3) is 10.9 Å². The third-order valence-corrected chi connectivity index (χ3v) is 4.83. The van der Waals surface area contributed by atoms with Crippen LogP contribution in [0.2, 0.25) is 0 Å². The Morgan fingerprint density at radius 3 is 2.46 bits per heavy atom. The first-order chi connectivity index (χ1) is 13.6. The maximum Gasteiger partial charge on any atom is 0.261 e. The molecule has 4 rings (SSSR count). The van der Waals surface area contributed by atoms with E-state index in [0.717, 1.165) is 32.1 Å². The number of rotatable bonds is 5. The molecule has 3 aromatic rings. The number of benzene rings is 1. The first-order valence-corrected chi connectivity index (χ1v) is 9.13. The zero-order valence-corrected chi connectivity index (χ0v) is 15.4. The van der Waals surface area contributed by atoms with Crippen molar-refractivity contribution in [2.75, 3.05) is 31.1 Å². The van der Waals surface area contributed by atoms with Gasteiger partial charge in [0, 0.05) is 38.6 Å². The molecule has 1 aliphatic heterocycles. The number of primary amides is 1. The number of carbonyl (C=O) groups excluding carboxylic acids is 1. The molecule has 3 heterocycles. The molecule has 0 radical (unpaired) electrons. The molecule has 0 spiro atoms. The molecular weight excluding hydrogens is 358 g/mol. The summed E-state index contributed by atoms with van der Waals surface area (Å²) in [6.45, 7) is 3.39. The molecule has 0 aliphatic carbocycles. The number of para-hydroxylation sites is 1. The van der Waals surface area contributed by atoms with E-state index in [9.17, 15) is 9.59 Å². The Morgan fingerprint density at radius 2 is 1.75 bits per heavy atom. The molecule has 1 amide bonds. The van der Waals surface area contributed by atoms with Gasteiger partial charge in [-0.3, -0.25) is 19.1 Å². The van der Waals surface area contributed by atoms with Crippen LogP contribution in [-0.2, 0) is 17.9 Å². The monoisotopic (exact) mass is 379 g/mol. The van der Waals surface area contributed by atoms with Crippen LogP contribution in [0.15, 0.2) is 47.5 Å². The van der Waals surface area contributed by atoms with E-state index in [1.165, 1.54) is 4.57 Å². The molecule has 9 heteroatoms. The number of aromatic nitrogens is 4. The smallest absolute Gasteiger partial charge is 0.261 e. The van der Waals surface area contributed by atoms with Gasteiger partial charge in [-0.15, -0.1) is 0 Å². The highest BCUT2D eigenvalue weighted by Gasteiger charge is 2.21. The first-order valence-electron chi connectivity index (χ1n) is 9.13. The lowest BCUT2D eigenvalue weighted by Crippen LogP contribution is -2.47. The first kappa shape index (κ1) is 18.1. The summed E-state index contributed by atoms with van der Waals surface area (Å²) in [5, 5.41) is 0.485. The molecule has 144 valence electrons. The number of carbonyl (C=O) groups is 1. The molecule has 1 fully saturated rings. The van der Waals surface area contributed by atoms with Crippen LogP contribution in [0, 0.1) is 0 Å². The third kappa shape index (κ3) is 3.70. The molecule has 1 aliphatic rings. The second-order valence-corrected chi connectivity index (χ2v) is 6.71. The van der Waals surface area contributed by atoms with Crippen molar-refractivity contribution in [3.05, 3.63) is 58.9 Å². The van der Waals surface area contributed by atoms with Gasteiger partial charge in [-0.2, -0.15) is 0 Å². The minimum atomic E-state index is -0.563. The van der Waals surface area contributed by atoms with Gasteiger partial charge in [0.2, 0.25) is 11.9 Å². The summed E-state index contributed by atoms with van der Waals surface area (Å²) in [7, 11) is 0. The van der Waals surface area contributed by atoms with E-state index in [1.54, 1.807) is 36.7 Å². The van der Waals surface area contributed by atoms with Crippen LogP contribution in [0.1, 0.15) is 5.82 Å². The fraction of sp³-hybridized carbons (Fsp3) is 0.316. The van der Waals surface area contributed by atoms with E-state index in [4.69, 9.17) is 5.73 Å². The van der Waals surface area contributed by atoms with E-state index >= 15 is 0 Å². The summed E-state index contributed by atoms with van der Waals surface area (Å²) < 4.78 is 1.39. The average molecular weight is 379 g/mol. The molecule has 9 nitrogen and oxygen atoms in total. The lowest BCUT2D eigenvalue weighted by Gasteiger charge is -2.34. The Kier molecular flexibility index (Phi) is 4.98. The van der Waals surface area contributed by atoms with Crippen LogP contribution in [0.5, 0.6) is 0 Å². The molecule has 0 saturated carbocycles. The lowest BCUT2D eigenvalue weighted by molar-refractivity contribution is -0.118. The largest absolute Gasteiger partial charge is 0.368 e. The van der Waals surface area contributed by atoms with Gasteiger partial charge in [0.15, 0.2) is 0 Å². The average Bonchev–Trinajstić information content (AvgIpc) is 2.72. The summed E-state index contributed by atoms with van der Waals surface area (Å²) in [6.07, 6.45) is 3.46. The molecule has 28 heavy (non-hydrogen) atoms. The van der Waals surface area contributed by atoms with Gasteiger partial charge in [0.25, 0.3) is 5.56 Å². The number of nitrogens with two attached hydrogens (primary N) is 1. The van der Waals surface area contributed by atoms with Crippen LogP contribution >= 0.6 is 0 Å². The predicted molar refractivity (Wildman–Crippen MR) is 105 cm³/mol. The number of piperazine rings is 1. The molecule has 0 unspecified atom stereocenters. The number of anilines is 1. The van der Waals surface area contributed by atoms with Crippen LogP contribution < -0.4 is 16.2 Å². The van der Waals surface area contributed by atoms with Crippen molar-refractivity contribution in [1.82, 2.24) is 24.4 Å². The second kappa shape index (κ2) is 7.73. The highest BCUT2D eigenvalue weighted by Crippen LogP contribution is 2.13. The van der Waals surface area contributed by atoms with E-state index in [0.29, 0.717) is 23.3 Å². The standard InChI is InChI=1S/C19H21N7O2/c20-16(27)12-26-17(23-15-5-2-1-4-14(15)18(26)28)13-24-8-10-25(11-9-24)19-21-6-3-7-22-19/h1-7H,8-13H2,(H2,20,27). The van der Waals surface area contributed by atoms with Crippen molar-refractivity contribution in [1.29, 1.82) is 0 Å². The number of nitrogens with zero attached hydrogens (tertiary/aromatic N) is 6. The van der Waals surface area contributed by atoms with Gasteiger partial charge in [-0.05, 0) is 18.2 Å². The Labute approximate surface area is 161 Å². The molecular formula is C19H21N7O2. The summed E-state index contributed by atoms with van der Waals surface area (Å²) in [5.74, 6) is 0.704. The number of hydrogen-bond donors (Lipinski definition) is 1. The van der Waals surface area contributed by atoms with Crippen molar-refractivity contribution in [2.45, 2.75) is 13.1 Å². The van der Waals surface area contributed by atoms with Crippen molar-refractivity contribution in [3.63, 3.8) is 0 Å². The summed E-state index contributed by atoms with van der Waals surface area (Å²) in [6, 6.07) is 8.94. The van der Waals surface area contributed by atoms with Crippen LogP contribution in [-0.4, -0.2) is 56.5 Å². The molecule has 0 bridgehead atoms. The lowest BCUT2D eigenvalue weighted by atomic mass is 10.2. The molecule has 1 saturated heterocycles. The zero-order valence-electron chi connectivity index (χ0n) is 15.4. The summed E-state index contributed by atoms with van der Waals surface area (Å²) in [5.41, 5.74) is 5.75. The highest BCUT2D eigenvalue weighted by molar-refractivity contribution is 5.78. The zero-order chi connectivity index (χ0) is 19.5. The van der Waals surface area contributed by atoms with Crippen molar-refractivity contribution in [2.24, 2.45) is 5.73 Å². The van der Waals surface area contributed by atoms with Gasteiger partial charge in [-0.1, -0.05) is 12.1 Å². The maximum absolute atomic E-state index is 12.8. The van der Waals surface area contributed by atoms with Crippen LogP contribution in [0.4, 0.5) is 5.95 Å². The van der Waals surface area contributed by atoms with Gasteiger partial charge in [0.05, 0.1) is 17.4 Å². The van der Waals surface area contributed by atoms with Gasteiger partial charge in [0.1, 0.15) is 12.4 Å². The maximum atomic E-state index is 12.8. The molecule has 0 atom stereocenters. The number of fused-ring (bicyclic) bond motifs is 1. The van der Waals surface area contributed by atoms with E-state index in [2.05, 4.69) is 24.8 Å². The Morgan fingerprint density at radius 1 is 1.04 bits per heavy atom. The third-order valence-electron chi connectivity index (χ3n) is 4.83. The number of amides is 1. The summed E-state index contributed by atoms with van der Waals surface area (Å²) in [4.78, 5) is 41.9. The van der Waals surface area contributed by atoms with Gasteiger partial charge >= 0.3 is 0 Å². The van der Waals surface area contributed by atoms with E-state index < -0.39 is 5.91 Å². The Bertz CT molecular complexity index is 1040. The SMILES string of the molecule is NC(=O)Cn1c(CN2CCN(c3ncccn3)CC2)nc2ccccc2c1=O. The topological polar surface area (TPSA) is 110 Å². The van der Waals surface area contributed by atoms with Gasteiger partial charge < -0.3 is 10.6 Å². The Hall–Kier alpha value is -3.33. The highest BCUT2D eigenvalue weighted by atomic mass is 16.2.